The molecular formula is C18H23N3O. The molecule has 4 heteroatoms. The number of hydrogen-bond donors (Lipinski definition) is 0. The number of likely N-dealkylation sites (tertiary alicyclic amines) is 1. The lowest BCUT2D eigenvalue weighted by molar-refractivity contribution is -0.0152. The van der Waals surface area contributed by atoms with Crippen molar-refractivity contribution in [3.63, 3.8) is 0 Å². The van der Waals surface area contributed by atoms with Gasteiger partial charge in [-0.25, -0.2) is 4.98 Å². The third kappa shape index (κ3) is 2.69. The van der Waals surface area contributed by atoms with E-state index in [1.165, 1.54) is 17.7 Å². The molecule has 4 rings (SSSR count). The van der Waals surface area contributed by atoms with E-state index in [2.05, 4.69) is 51.8 Å². The fraction of sp³-hybridized carbons (Fsp3) is 0.500. The van der Waals surface area contributed by atoms with Crippen LogP contribution >= 0.6 is 0 Å². The molecule has 0 amide bonds. The minimum atomic E-state index is 0.390. The van der Waals surface area contributed by atoms with Gasteiger partial charge in [0.1, 0.15) is 0 Å². The summed E-state index contributed by atoms with van der Waals surface area (Å²) in [5.41, 5.74) is 3.07. The Morgan fingerprint density at radius 1 is 1.27 bits per heavy atom. The number of hydrogen-bond acceptors (Lipinski definition) is 3. The second-order valence-corrected chi connectivity index (χ2v) is 6.97. The van der Waals surface area contributed by atoms with Crippen LogP contribution in [0.4, 0.5) is 0 Å². The van der Waals surface area contributed by atoms with E-state index >= 15 is 0 Å². The van der Waals surface area contributed by atoms with Gasteiger partial charge in [-0.2, -0.15) is 0 Å². The van der Waals surface area contributed by atoms with Crippen molar-refractivity contribution in [2.75, 3.05) is 19.7 Å². The van der Waals surface area contributed by atoms with Crippen LogP contribution in [0.2, 0.25) is 0 Å². The first-order chi connectivity index (χ1) is 10.7. The molecule has 1 aromatic carbocycles. The van der Waals surface area contributed by atoms with Gasteiger partial charge in [0.15, 0.2) is 0 Å². The Kier molecular flexibility index (Phi) is 3.51. The molecule has 2 aliphatic rings. The summed E-state index contributed by atoms with van der Waals surface area (Å²) >= 11 is 0. The number of imidazole rings is 1. The topological polar surface area (TPSA) is 30.3 Å². The maximum atomic E-state index is 6.08. The maximum Gasteiger partial charge on any atom is 0.0945 e. The number of aromatic nitrogens is 2. The molecule has 0 saturated carbocycles. The standard InChI is InChI=1S/C18H23N3O/c1-20-14-19-9-16(20)10-21-11-18(12-21)8-17(22-13-18)7-15-5-3-2-4-6-15/h2-6,9,14,17H,7-8,10-13H2,1H3. The fourth-order valence-electron chi connectivity index (χ4n) is 3.90. The van der Waals surface area contributed by atoms with Gasteiger partial charge in [-0.3, -0.25) is 4.90 Å². The van der Waals surface area contributed by atoms with E-state index < -0.39 is 0 Å². The lowest BCUT2D eigenvalue weighted by Crippen LogP contribution is -2.56. The molecule has 0 N–H and O–H groups in total. The van der Waals surface area contributed by atoms with E-state index in [4.69, 9.17) is 4.74 Å². The van der Waals surface area contributed by atoms with Gasteiger partial charge in [-0.05, 0) is 18.4 Å². The number of nitrogens with zero attached hydrogens (tertiary/aromatic N) is 3. The van der Waals surface area contributed by atoms with Crippen LogP contribution in [0.1, 0.15) is 17.7 Å². The van der Waals surface area contributed by atoms with Crippen LogP contribution in [-0.4, -0.2) is 40.3 Å². The third-order valence-corrected chi connectivity index (χ3v) is 5.01. The molecule has 116 valence electrons. The van der Waals surface area contributed by atoms with Crippen molar-refractivity contribution in [1.82, 2.24) is 14.5 Å². The second kappa shape index (κ2) is 5.52. The first-order valence-electron chi connectivity index (χ1n) is 8.06. The van der Waals surface area contributed by atoms with Gasteiger partial charge in [-0.1, -0.05) is 30.3 Å². The smallest absolute Gasteiger partial charge is 0.0945 e. The van der Waals surface area contributed by atoms with Gasteiger partial charge in [0, 0.05) is 38.3 Å². The van der Waals surface area contributed by atoms with Crippen LogP contribution in [0.15, 0.2) is 42.9 Å². The van der Waals surface area contributed by atoms with E-state index in [1.54, 1.807) is 0 Å². The first kappa shape index (κ1) is 14.0. The molecule has 2 aromatic rings. The summed E-state index contributed by atoms with van der Waals surface area (Å²) in [6, 6.07) is 10.7. The summed E-state index contributed by atoms with van der Waals surface area (Å²) in [5, 5.41) is 0. The fourth-order valence-corrected chi connectivity index (χ4v) is 3.90. The van der Waals surface area contributed by atoms with Crippen molar-refractivity contribution in [1.29, 1.82) is 0 Å². The zero-order chi connectivity index (χ0) is 15.0. The van der Waals surface area contributed by atoms with Crippen molar-refractivity contribution in [2.45, 2.75) is 25.5 Å². The van der Waals surface area contributed by atoms with Gasteiger partial charge in [0.05, 0.1) is 24.7 Å². The Balaban J connectivity index is 1.30. The van der Waals surface area contributed by atoms with Gasteiger partial charge in [-0.15, -0.1) is 0 Å². The van der Waals surface area contributed by atoms with Crippen molar-refractivity contribution in [3.8, 4) is 0 Å². The van der Waals surface area contributed by atoms with Crippen molar-refractivity contribution < 1.29 is 4.74 Å². The summed E-state index contributed by atoms with van der Waals surface area (Å²) in [4.78, 5) is 6.70. The van der Waals surface area contributed by atoms with Crippen molar-refractivity contribution >= 4 is 0 Å². The van der Waals surface area contributed by atoms with E-state index in [9.17, 15) is 0 Å². The van der Waals surface area contributed by atoms with Gasteiger partial charge >= 0.3 is 0 Å². The summed E-state index contributed by atoms with van der Waals surface area (Å²) in [7, 11) is 2.06. The van der Waals surface area contributed by atoms with Crippen LogP contribution in [0.3, 0.4) is 0 Å². The van der Waals surface area contributed by atoms with E-state index in [-0.39, 0.29) is 0 Å². The Bertz CT molecular complexity index is 631. The van der Waals surface area contributed by atoms with Crippen LogP contribution in [0.5, 0.6) is 0 Å². The molecule has 2 fully saturated rings. The predicted octanol–water partition coefficient (Wildman–Crippen LogP) is 2.25. The van der Waals surface area contributed by atoms with Crippen LogP contribution < -0.4 is 0 Å². The van der Waals surface area contributed by atoms with E-state index in [0.717, 1.165) is 32.7 Å². The van der Waals surface area contributed by atoms with Crippen LogP contribution in [0.25, 0.3) is 0 Å². The summed E-state index contributed by atoms with van der Waals surface area (Å²) < 4.78 is 8.18. The summed E-state index contributed by atoms with van der Waals surface area (Å²) in [6.45, 7) is 4.24. The Hall–Kier alpha value is -1.65. The molecule has 2 saturated heterocycles. The number of rotatable bonds is 4. The Morgan fingerprint density at radius 3 is 2.82 bits per heavy atom. The normalized spacial score (nSPS) is 23.8. The third-order valence-electron chi connectivity index (χ3n) is 5.01. The highest BCUT2D eigenvalue weighted by atomic mass is 16.5. The molecule has 0 aliphatic carbocycles. The zero-order valence-corrected chi connectivity index (χ0v) is 13.1. The summed E-state index contributed by atoms with van der Waals surface area (Å²) in [6.07, 6.45) is 6.48. The molecule has 2 aliphatic heterocycles. The van der Waals surface area contributed by atoms with E-state index in [0.29, 0.717) is 11.5 Å². The Labute approximate surface area is 131 Å². The Morgan fingerprint density at radius 2 is 2.09 bits per heavy atom. The highest BCUT2D eigenvalue weighted by Crippen LogP contribution is 2.42. The van der Waals surface area contributed by atoms with Crippen LogP contribution in [-0.2, 0) is 24.8 Å². The monoisotopic (exact) mass is 297 g/mol. The number of benzene rings is 1. The number of aryl methyl sites for hydroxylation is 1. The number of ether oxygens (including phenoxy) is 1. The lowest BCUT2D eigenvalue weighted by atomic mass is 9.77. The molecule has 0 bridgehead atoms. The van der Waals surface area contributed by atoms with E-state index in [1.807, 2.05) is 12.5 Å². The average Bonchev–Trinajstić information content (AvgIpc) is 3.07. The molecule has 22 heavy (non-hydrogen) atoms. The molecule has 1 aromatic heterocycles. The quantitative estimate of drug-likeness (QED) is 0.867. The van der Waals surface area contributed by atoms with Gasteiger partial charge < -0.3 is 9.30 Å². The molecule has 1 unspecified atom stereocenters. The van der Waals surface area contributed by atoms with Crippen molar-refractivity contribution in [3.05, 3.63) is 54.1 Å². The largest absolute Gasteiger partial charge is 0.377 e. The molecule has 4 nitrogen and oxygen atoms in total. The molecular weight excluding hydrogens is 274 g/mol. The highest BCUT2D eigenvalue weighted by Gasteiger charge is 2.48. The van der Waals surface area contributed by atoms with Crippen molar-refractivity contribution in [2.24, 2.45) is 12.5 Å². The van der Waals surface area contributed by atoms with Gasteiger partial charge in [0.25, 0.3) is 0 Å². The maximum absolute atomic E-state index is 6.08. The highest BCUT2D eigenvalue weighted by molar-refractivity contribution is 5.16. The second-order valence-electron chi connectivity index (χ2n) is 6.97. The molecule has 1 spiro atoms. The van der Waals surface area contributed by atoms with Crippen LogP contribution in [0, 0.1) is 5.41 Å². The molecule has 0 radical (unpaired) electrons. The zero-order valence-electron chi connectivity index (χ0n) is 13.1. The molecule has 1 atom stereocenters. The predicted molar refractivity (Wildman–Crippen MR) is 85.4 cm³/mol. The molecule has 3 heterocycles. The van der Waals surface area contributed by atoms with Gasteiger partial charge in [0.2, 0.25) is 0 Å². The summed E-state index contributed by atoms with van der Waals surface area (Å²) in [5.74, 6) is 0. The average molecular weight is 297 g/mol. The lowest BCUT2D eigenvalue weighted by Gasteiger charge is -2.47. The first-order valence-corrected chi connectivity index (χ1v) is 8.06. The minimum Gasteiger partial charge on any atom is -0.377 e. The minimum absolute atomic E-state index is 0.390. The SMILES string of the molecule is Cn1cncc1CN1CC2(COC(Cc3ccccc3)C2)C1.